The normalized spacial score (nSPS) is 10.7. The van der Waals surface area contributed by atoms with E-state index in [9.17, 15) is 0 Å². The van der Waals surface area contributed by atoms with Crippen molar-refractivity contribution in [3.8, 4) is 6.07 Å². The number of benzene rings is 2. The lowest BCUT2D eigenvalue weighted by Gasteiger charge is -2.03. The topological polar surface area (TPSA) is 23.8 Å². The Morgan fingerprint density at radius 3 is 2.60 bits per heavy atom. The average Bonchev–Trinajstić information content (AvgIpc) is 2.26. The molecule has 0 N–H and O–H groups in total. The van der Waals surface area contributed by atoms with E-state index in [2.05, 4.69) is 28.1 Å². The zero-order valence-electron chi connectivity index (χ0n) is 7.94. The van der Waals surface area contributed by atoms with E-state index in [1.807, 2.05) is 36.4 Å². The summed E-state index contributed by atoms with van der Waals surface area (Å²) in [5, 5.41) is 10.8. The lowest BCUT2D eigenvalue weighted by molar-refractivity contribution is 1.54. The first-order chi connectivity index (χ1) is 7.33. The summed E-state index contributed by atoms with van der Waals surface area (Å²) >= 11 is 3.52. The minimum atomic E-state index is 1.05. The van der Waals surface area contributed by atoms with Gasteiger partial charge in [-0.2, -0.15) is 5.26 Å². The summed E-state index contributed by atoms with van der Waals surface area (Å²) in [5.41, 5.74) is 1.06. The van der Waals surface area contributed by atoms with Gasteiger partial charge < -0.3 is 0 Å². The monoisotopic (exact) mass is 257 g/mol. The van der Waals surface area contributed by atoms with Crippen LogP contribution in [0.2, 0.25) is 0 Å². The number of hydrogen-bond acceptors (Lipinski definition) is 1. The first-order valence-corrected chi connectivity index (χ1v) is 5.35. The van der Waals surface area contributed by atoms with Crippen LogP contribution in [-0.4, -0.2) is 0 Å². The summed E-state index contributed by atoms with van der Waals surface area (Å²) < 4.78 is 1.05. The van der Waals surface area contributed by atoms with E-state index in [-0.39, 0.29) is 0 Å². The van der Waals surface area contributed by atoms with Crippen LogP contribution >= 0.6 is 15.9 Å². The van der Waals surface area contributed by atoms with Crippen LogP contribution in [0.15, 0.2) is 46.9 Å². The number of allylic oxidation sites excluding steroid dienone is 1. The predicted octanol–water partition coefficient (Wildman–Crippen LogP) is 4.14. The molecule has 0 saturated carbocycles. The third-order valence-electron chi connectivity index (χ3n) is 2.22. The molecule has 2 aromatic carbocycles. The number of halogens is 1. The standard InChI is InChI=1S/C13H8BrN/c14-12-8-2-6-10-4-1-5-11(13(10)12)7-3-9-15/h1-8H/b7-3+. The molecule has 0 aliphatic rings. The quantitative estimate of drug-likeness (QED) is 0.705. The molecule has 1 nitrogen and oxygen atoms in total. The smallest absolute Gasteiger partial charge is 0.0912 e. The molecule has 0 bridgehead atoms. The highest BCUT2D eigenvalue weighted by Crippen LogP contribution is 2.27. The van der Waals surface area contributed by atoms with Gasteiger partial charge in [-0.05, 0) is 23.1 Å². The summed E-state index contributed by atoms with van der Waals surface area (Å²) in [6, 6.07) is 14.1. The molecule has 0 unspecified atom stereocenters. The van der Waals surface area contributed by atoms with E-state index >= 15 is 0 Å². The zero-order valence-corrected chi connectivity index (χ0v) is 9.53. The van der Waals surface area contributed by atoms with Crippen molar-refractivity contribution >= 4 is 32.8 Å². The van der Waals surface area contributed by atoms with Crippen LogP contribution in [-0.2, 0) is 0 Å². The van der Waals surface area contributed by atoms with Gasteiger partial charge in [0.1, 0.15) is 0 Å². The van der Waals surface area contributed by atoms with Gasteiger partial charge in [-0.3, -0.25) is 0 Å². The van der Waals surface area contributed by atoms with Gasteiger partial charge in [0.15, 0.2) is 0 Å². The Morgan fingerprint density at radius 2 is 1.87 bits per heavy atom. The van der Waals surface area contributed by atoms with E-state index in [1.165, 1.54) is 11.5 Å². The minimum absolute atomic E-state index is 1.05. The minimum Gasteiger partial charge on any atom is -0.193 e. The summed E-state index contributed by atoms with van der Waals surface area (Å²) in [6.07, 6.45) is 3.32. The molecule has 72 valence electrons. The van der Waals surface area contributed by atoms with Gasteiger partial charge in [0.05, 0.1) is 6.07 Å². The van der Waals surface area contributed by atoms with Crippen molar-refractivity contribution in [2.75, 3.05) is 0 Å². The molecular weight excluding hydrogens is 250 g/mol. The van der Waals surface area contributed by atoms with Crippen LogP contribution in [0.4, 0.5) is 0 Å². The molecule has 0 fully saturated rings. The van der Waals surface area contributed by atoms with E-state index in [0.717, 1.165) is 15.4 Å². The molecule has 0 heterocycles. The average molecular weight is 258 g/mol. The Morgan fingerprint density at radius 1 is 1.13 bits per heavy atom. The first kappa shape index (κ1) is 9.95. The highest BCUT2D eigenvalue weighted by Gasteiger charge is 2.01. The van der Waals surface area contributed by atoms with Crippen LogP contribution in [0.3, 0.4) is 0 Å². The van der Waals surface area contributed by atoms with Gasteiger partial charge in [0.2, 0.25) is 0 Å². The van der Waals surface area contributed by atoms with E-state index in [4.69, 9.17) is 5.26 Å². The number of nitrogens with zero attached hydrogens (tertiary/aromatic N) is 1. The van der Waals surface area contributed by atoms with Crippen molar-refractivity contribution in [3.05, 3.63) is 52.5 Å². The fourth-order valence-corrected chi connectivity index (χ4v) is 2.20. The molecular formula is C13H8BrN. The Kier molecular flexibility index (Phi) is 2.84. The van der Waals surface area contributed by atoms with Crippen LogP contribution in [0.1, 0.15) is 5.56 Å². The van der Waals surface area contributed by atoms with Crippen LogP contribution in [0.5, 0.6) is 0 Å². The van der Waals surface area contributed by atoms with Crippen LogP contribution in [0.25, 0.3) is 16.8 Å². The number of fused-ring (bicyclic) bond motifs is 1. The maximum atomic E-state index is 8.52. The fourth-order valence-electron chi connectivity index (χ4n) is 1.59. The molecule has 0 amide bonds. The highest BCUT2D eigenvalue weighted by atomic mass is 79.9. The molecule has 2 heteroatoms. The number of rotatable bonds is 1. The molecule has 0 aliphatic carbocycles. The molecule has 0 atom stereocenters. The first-order valence-electron chi connectivity index (χ1n) is 4.56. The van der Waals surface area contributed by atoms with Gasteiger partial charge in [0.25, 0.3) is 0 Å². The predicted molar refractivity (Wildman–Crippen MR) is 66.3 cm³/mol. The molecule has 0 spiro atoms. The van der Waals surface area contributed by atoms with E-state index in [0.29, 0.717) is 0 Å². The Bertz CT molecular complexity index is 559. The van der Waals surface area contributed by atoms with Gasteiger partial charge in [-0.15, -0.1) is 0 Å². The summed E-state index contributed by atoms with van der Waals surface area (Å²) in [7, 11) is 0. The van der Waals surface area contributed by atoms with Gasteiger partial charge in [-0.25, -0.2) is 0 Å². The zero-order chi connectivity index (χ0) is 10.7. The summed E-state index contributed by atoms with van der Waals surface area (Å²) in [6.45, 7) is 0. The Balaban J connectivity index is 2.75. The second-order valence-electron chi connectivity index (χ2n) is 3.15. The number of hydrogen-bond donors (Lipinski definition) is 0. The van der Waals surface area contributed by atoms with Crippen LogP contribution in [0, 0.1) is 11.3 Å². The SMILES string of the molecule is N#C/C=C/c1cccc2cccc(Br)c12. The third-order valence-corrected chi connectivity index (χ3v) is 2.88. The van der Waals surface area contributed by atoms with E-state index in [1.54, 1.807) is 0 Å². The summed E-state index contributed by atoms with van der Waals surface area (Å²) in [5.74, 6) is 0. The Hall–Kier alpha value is -1.59. The highest BCUT2D eigenvalue weighted by molar-refractivity contribution is 9.10. The summed E-state index contributed by atoms with van der Waals surface area (Å²) in [4.78, 5) is 0. The van der Waals surface area contributed by atoms with Crippen molar-refractivity contribution < 1.29 is 0 Å². The van der Waals surface area contributed by atoms with Crippen molar-refractivity contribution in [2.45, 2.75) is 0 Å². The second kappa shape index (κ2) is 4.29. The molecule has 2 rings (SSSR count). The second-order valence-corrected chi connectivity index (χ2v) is 4.00. The molecule has 0 saturated heterocycles. The van der Waals surface area contributed by atoms with Gasteiger partial charge in [-0.1, -0.05) is 46.3 Å². The molecule has 0 aliphatic heterocycles. The van der Waals surface area contributed by atoms with E-state index < -0.39 is 0 Å². The third kappa shape index (κ3) is 1.93. The number of nitriles is 1. The largest absolute Gasteiger partial charge is 0.193 e. The van der Waals surface area contributed by atoms with Crippen molar-refractivity contribution in [2.24, 2.45) is 0 Å². The maximum absolute atomic E-state index is 8.52. The molecule has 0 radical (unpaired) electrons. The molecule has 15 heavy (non-hydrogen) atoms. The Labute approximate surface area is 96.8 Å². The molecule has 2 aromatic rings. The van der Waals surface area contributed by atoms with Crippen LogP contribution < -0.4 is 0 Å². The lowest BCUT2D eigenvalue weighted by Crippen LogP contribution is -1.79. The van der Waals surface area contributed by atoms with Gasteiger partial charge in [0, 0.05) is 15.9 Å². The molecule has 0 aromatic heterocycles. The fraction of sp³-hybridized carbons (Fsp3) is 0. The maximum Gasteiger partial charge on any atom is 0.0912 e. The van der Waals surface area contributed by atoms with Crippen molar-refractivity contribution in [1.82, 2.24) is 0 Å². The lowest BCUT2D eigenvalue weighted by atomic mass is 10.0. The van der Waals surface area contributed by atoms with Crippen molar-refractivity contribution in [3.63, 3.8) is 0 Å². The van der Waals surface area contributed by atoms with Gasteiger partial charge >= 0.3 is 0 Å². The van der Waals surface area contributed by atoms with Crippen molar-refractivity contribution in [1.29, 1.82) is 5.26 Å².